The molecule has 3 aromatic rings. The van der Waals surface area contributed by atoms with Gasteiger partial charge in [0.05, 0.1) is 30.0 Å². The van der Waals surface area contributed by atoms with Crippen molar-refractivity contribution in [3.05, 3.63) is 42.2 Å². The minimum atomic E-state index is -0.566. The molecule has 9 nitrogen and oxygen atoms in total. The maximum absolute atomic E-state index is 13.4. The molecule has 10 heteroatoms. The van der Waals surface area contributed by atoms with Crippen LogP contribution in [0.1, 0.15) is 23.2 Å². The van der Waals surface area contributed by atoms with Crippen LogP contribution in [0.3, 0.4) is 0 Å². The van der Waals surface area contributed by atoms with Crippen LogP contribution in [0.15, 0.2) is 30.9 Å². The second-order valence-electron chi connectivity index (χ2n) is 7.84. The number of piperidine rings is 1. The lowest BCUT2D eigenvalue weighted by atomic mass is 9.96. The fourth-order valence-electron chi connectivity index (χ4n) is 3.96. The number of nitrogen functional groups attached to an aromatic ring is 1. The van der Waals surface area contributed by atoms with Gasteiger partial charge in [-0.1, -0.05) is 0 Å². The fourth-order valence-corrected chi connectivity index (χ4v) is 3.96. The summed E-state index contributed by atoms with van der Waals surface area (Å²) in [5.74, 6) is -0.371. The summed E-state index contributed by atoms with van der Waals surface area (Å²) < 4.78 is 14.6. The molecule has 0 radical (unpaired) electrons. The van der Waals surface area contributed by atoms with Crippen molar-refractivity contribution >= 4 is 28.7 Å². The predicted octanol–water partition coefficient (Wildman–Crippen LogP) is 1.88. The molecule has 0 spiro atoms. The number of halogens is 1. The number of nitrogens with one attached hydrogen (secondary N) is 1. The average molecular weight is 412 g/mol. The zero-order valence-electron chi connectivity index (χ0n) is 17.0. The van der Waals surface area contributed by atoms with Crippen molar-refractivity contribution in [2.24, 2.45) is 5.92 Å². The van der Waals surface area contributed by atoms with Crippen LogP contribution in [0.25, 0.3) is 5.65 Å². The van der Waals surface area contributed by atoms with Crippen molar-refractivity contribution in [3.63, 3.8) is 0 Å². The molecule has 158 valence electrons. The molecular weight excluding hydrogens is 387 g/mol. The third-order valence-electron chi connectivity index (χ3n) is 5.32. The predicted molar refractivity (Wildman–Crippen MR) is 113 cm³/mol. The maximum Gasteiger partial charge on any atom is 0.263 e. The molecule has 0 saturated carbocycles. The van der Waals surface area contributed by atoms with Gasteiger partial charge >= 0.3 is 0 Å². The van der Waals surface area contributed by atoms with E-state index in [0.29, 0.717) is 11.6 Å². The van der Waals surface area contributed by atoms with Gasteiger partial charge in [0.15, 0.2) is 17.3 Å². The Morgan fingerprint density at radius 2 is 2.10 bits per heavy atom. The van der Waals surface area contributed by atoms with Crippen molar-refractivity contribution in [3.8, 4) is 0 Å². The summed E-state index contributed by atoms with van der Waals surface area (Å²) in [4.78, 5) is 25.6. The van der Waals surface area contributed by atoms with Crippen molar-refractivity contribution in [2.75, 3.05) is 49.7 Å². The number of anilines is 3. The first-order valence-corrected chi connectivity index (χ1v) is 9.86. The number of amides is 1. The third-order valence-corrected chi connectivity index (χ3v) is 5.32. The molecular formula is C20H25FN8O. The van der Waals surface area contributed by atoms with Crippen LogP contribution in [0.4, 0.5) is 21.6 Å². The zero-order valence-corrected chi connectivity index (χ0v) is 17.0. The standard InChI is InChI=1S/C20H25FN8O/c1-27(2)11-13-4-7-28(8-5-13)16-3-6-23-10-15(16)25-20(30)17-18(22)26-29-12-14(21)9-24-19(17)29/h3,6,9-10,12-13H,4-5,7-8,11H2,1-2H3,(H2,22,26)(H,25,30). The minimum absolute atomic E-state index is 0.0134. The van der Waals surface area contributed by atoms with Crippen LogP contribution in [0, 0.1) is 11.7 Å². The van der Waals surface area contributed by atoms with Crippen LogP contribution < -0.4 is 16.0 Å². The molecule has 0 aliphatic carbocycles. The summed E-state index contributed by atoms with van der Waals surface area (Å²) in [6.07, 6.45) is 7.66. The summed E-state index contributed by atoms with van der Waals surface area (Å²) in [6.45, 7) is 2.89. The molecule has 30 heavy (non-hydrogen) atoms. The van der Waals surface area contributed by atoms with Crippen LogP contribution in [0.5, 0.6) is 0 Å². The Labute approximate surface area is 173 Å². The first-order chi connectivity index (χ1) is 14.4. The van der Waals surface area contributed by atoms with Gasteiger partial charge in [-0.3, -0.25) is 9.78 Å². The van der Waals surface area contributed by atoms with E-state index in [1.54, 1.807) is 12.4 Å². The monoisotopic (exact) mass is 412 g/mol. The highest BCUT2D eigenvalue weighted by Gasteiger charge is 2.24. The van der Waals surface area contributed by atoms with E-state index >= 15 is 0 Å². The number of rotatable bonds is 5. The molecule has 3 aromatic heterocycles. The Morgan fingerprint density at radius 1 is 1.33 bits per heavy atom. The first kappa shape index (κ1) is 20.0. The quantitative estimate of drug-likeness (QED) is 0.659. The Kier molecular flexibility index (Phi) is 5.49. The van der Waals surface area contributed by atoms with E-state index in [2.05, 4.69) is 44.3 Å². The largest absolute Gasteiger partial charge is 0.381 e. The van der Waals surface area contributed by atoms with E-state index < -0.39 is 11.7 Å². The van der Waals surface area contributed by atoms with Crippen molar-refractivity contribution in [1.82, 2.24) is 24.5 Å². The van der Waals surface area contributed by atoms with E-state index in [1.807, 2.05) is 6.07 Å². The third kappa shape index (κ3) is 4.04. The number of fused-ring (bicyclic) bond motifs is 1. The van der Waals surface area contributed by atoms with Gasteiger partial charge in [0.2, 0.25) is 0 Å². The number of nitrogens with two attached hydrogens (primary N) is 1. The Morgan fingerprint density at radius 3 is 2.83 bits per heavy atom. The molecule has 0 aromatic carbocycles. The van der Waals surface area contributed by atoms with Gasteiger partial charge in [-0.15, -0.1) is 5.10 Å². The molecule has 3 N–H and O–H groups in total. The van der Waals surface area contributed by atoms with Crippen LogP contribution in [0.2, 0.25) is 0 Å². The molecule has 1 aliphatic heterocycles. The summed E-state index contributed by atoms with van der Waals surface area (Å²) in [5.41, 5.74) is 7.71. The van der Waals surface area contributed by atoms with E-state index in [1.165, 1.54) is 4.52 Å². The molecule has 0 bridgehead atoms. The smallest absolute Gasteiger partial charge is 0.263 e. The lowest BCUT2D eigenvalue weighted by molar-refractivity contribution is 0.102. The van der Waals surface area contributed by atoms with E-state index in [0.717, 1.165) is 50.6 Å². The van der Waals surface area contributed by atoms with E-state index in [4.69, 9.17) is 5.73 Å². The van der Waals surface area contributed by atoms with Gasteiger partial charge in [0.1, 0.15) is 5.56 Å². The van der Waals surface area contributed by atoms with Crippen molar-refractivity contribution < 1.29 is 9.18 Å². The Balaban J connectivity index is 1.54. The van der Waals surface area contributed by atoms with Gasteiger partial charge in [-0.25, -0.2) is 13.9 Å². The van der Waals surface area contributed by atoms with E-state index in [-0.39, 0.29) is 17.0 Å². The second kappa shape index (κ2) is 8.23. The first-order valence-electron chi connectivity index (χ1n) is 9.86. The van der Waals surface area contributed by atoms with E-state index in [9.17, 15) is 9.18 Å². The molecule has 0 atom stereocenters. The Bertz CT molecular complexity index is 1060. The number of carbonyl (C=O) groups excluding carboxylic acids is 1. The molecule has 1 amide bonds. The number of carbonyl (C=O) groups is 1. The highest BCUT2D eigenvalue weighted by Crippen LogP contribution is 2.30. The summed E-state index contributed by atoms with van der Waals surface area (Å²) >= 11 is 0. The van der Waals surface area contributed by atoms with Gasteiger partial charge in [0.25, 0.3) is 5.91 Å². The topological polar surface area (TPSA) is 105 Å². The summed E-state index contributed by atoms with van der Waals surface area (Å²) in [5, 5.41) is 6.86. The molecule has 1 fully saturated rings. The average Bonchev–Trinajstić information content (AvgIpc) is 3.03. The number of aromatic nitrogens is 4. The highest BCUT2D eigenvalue weighted by molar-refractivity contribution is 6.12. The van der Waals surface area contributed by atoms with Gasteiger partial charge in [-0.05, 0) is 38.9 Å². The lowest BCUT2D eigenvalue weighted by Gasteiger charge is -2.35. The summed E-state index contributed by atoms with van der Waals surface area (Å²) in [7, 11) is 4.19. The zero-order chi connectivity index (χ0) is 21.3. The van der Waals surface area contributed by atoms with Crippen molar-refractivity contribution in [2.45, 2.75) is 12.8 Å². The van der Waals surface area contributed by atoms with Crippen molar-refractivity contribution in [1.29, 1.82) is 0 Å². The summed E-state index contributed by atoms with van der Waals surface area (Å²) in [6, 6.07) is 1.90. The van der Waals surface area contributed by atoms with Gasteiger partial charge < -0.3 is 20.9 Å². The van der Waals surface area contributed by atoms with Gasteiger partial charge in [0, 0.05) is 25.8 Å². The normalized spacial score (nSPS) is 15.1. The number of hydrogen-bond acceptors (Lipinski definition) is 7. The number of hydrogen-bond donors (Lipinski definition) is 2. The number of nitrogens with zero attached hydrogens (tertiary/aromatic N) is 6. The van der Waals surface area contributed by atoms with Crippen LogP contribution in [-0.4, -0.2) is 64.1 Å². The lowest BCUT2D eigenvalue weighted by Crippen LogP contribution is -2.37. The fraction of sp³-hybridized carbons (Fsp3) is 0.400. The SMILES string of the molecule is CN(C)CC1CCN(c2ccncc2NC(=O)c2c(N)nn3cc(F)cnc23)CC1. The van der Waals surface area contributed by atoms with Crippen LogP contribution >= 0.6 is 0 Å². The molecule has 1 aliphatic rings. The van der Waals surface area contributed by atoms with Gasteiger partial charge in [-0.2, -0.15) is 0 Å². The molecule has 0 unspecified atom stereocenters. The molecule has 4 rings (SSSR count). The Hall–Kier alpha value is -3.27. The number of pyridine rings is 1. The van der Waals surface area contributed by atoms with Crippen LogP contribution in [-0.2, 0) is 0 Å². The minimum Gasteiger partial charge on any atom is -0.381 e. The molecule has 1 saturated heterocycles. The maximum atomic E-state index is 13.4. The second-order valence-corrected chi connectivity index (χ2v) is 7.84. The molecule has 4 heterocycles. The highest BCUT2D eigenvalue weighted by atomic mass is 19.1.